The van der Waals surface area contributed by atoms with Gasteiger partial charge in [0.05, 0.1) is 0 Å². The average Bonchev–Trinajstić information content (AvgIpc) is 2.45. The number of nitrogens with one attached hydrogen (secondary N) is 2. The maximum Gasteiger partial charge on any atom is 0.326 e. The minimum absolute atomic E-state index is 0.0138. The fourth-order valence-corrected chi connectivity index (χ4v) is 2.26. The van der Waals surface area contributed by atoms with Crippen LogP contribution in [0.25, 0.3) is 0 Å². The molecule has 1 aliphatic rings. The van der Waals surface area contributed by atoms with Crippen LogP contribution in [0.1, 0.15) is 26.2 Å². The lowest BCUT2D eigenvalue weighted by Crippen LogP contribution is -2.51. The predicted octanol–water partition coefficient (Wildman–Crippen LogP) is -0.620. The first-order valence-electron chi connectivity index (χ1n) is 7.07. The van der Waals surface area contributed by atoms with Crippen LogP contribution in [0.2, 0.25) is 0 Å². The Hall–Kier alpha value is -1.83. The first kappa shape index (κ1) is 17.2. The Morgan fingerprint density at radius 1 is 1.29 bits per heavy atom. The monoisotopic (exact) mass is 301 g/mol. The third-order valence-corrected chi connectivity index (χ3v) is 3.56. The van der Waals surface area contributed by atoms with Gasteiger partial charge in [0.2, 0.25) is 5.91 Å². The zero-order valence-electron chi connectivity index (χ0n) is 12.2. The van der Waals surface area contributed by atoms with Crippen molar-refractivity contribution >= 4 is 17.9 Å². The van der Waals surface area contributed by atoms with E-state index in [1.54, 1.807) is 4.90 Å². The predicted molar refractivity (Wildman–Crippen MR) is 74.6 cm³/mol. The molecule has 0 aromatic rings. The zero-order chi connectivity index (χ0) is 15.8. The number of rotatable bonds is 6. The van der Waals surface area contributed by atoms with Crippen LogP contribution < -0.4 is 10.6 Å². The molecule has 0 unspecified atom stereocenters. The number of hydrogen-bond donors (Lipinski definition) is 4. The number of carboxylic acids is 1. The molecule has 0 saturated carbocycles. The molecule has 1 saturated heterocycles. The Kier molecular flexibility index (Phi) is 6.93. The van der Waals surface area contributed by atoms with Crippen molar-refractivity contribution in [2.75, 3.05) is 26.2 Å². The summed E-state index contributed by atoms with van der Waals surface area (Å²) in [6.07, 6.45) is 1.52. The van der Waals surface area contributed by atoms with Gasteiger partial charge in [-0.1, -0.05) is 0 Å². The molecule has 1 aliphatic heterocycles. The molecule has 0 aliphatic carbocycles. The normalized spacial score (nSPS) is 17.1. The minimum Gasteiger partial charge on any atom is -0.480 e. The van der Waals surface area contributed by atoms with Crippen LogP contribution in [-0.2, 0) is 9.59 Å². The number of urea groups is 1. The zero-order valence-corrected chi connectivity index (χ0v) is 12.2. The van der Waals surface area contributed by atoms with Crippen molar-refractivity contribution in [2.45, 2.75) is 32.2 Å². The number of carbonyl (C=O) groups excluding carboxylic acids is 2. The Morgan fingerprint density at radius 3 is 2.38 bits per heavy atom. The van der Waals surface area contributed by atoms with E-state index in [0.29, 0.717) is 25.6 Å². The lowest BCUT2D eigenvalue weighted by atomic mass is 9.97. The van der Waals surface area contributed by atoms with E-state index in [1.807, 2.05) is 0 Å². The number of aliphatic hydroxyl groups excluding tert-OH is 1. The molecule has 1 fully saturated rings. The molecular formula is C13H23N3O5. The van der Waals surface area contributed by atoms with Gasteiger partial charge in [0.25, 0.3) is 0 Å². The number of piperidine rings is 1. The lowest BCUT2D eigenvalue weighted by molar-refractivity contribution is -0.139. The topological polar surface area (TPSA) is 119 Å². The quantitative estimate of drug-likeness (QED) is 0.521. The van der Waals surface area contributed by atoms with E-state index in [4.69, 9.17) is 10.2 Å². The highest BCUT2D eigenvalue weighted by atomic mass is 16.4. The van der Waals surface area contributed by atoms with Crippen molar-refractivity contribution in [3.8, 4) is 0 Å². The standard InChI is InChI=1S/C13H23N3O5/c1-9(18)14-8-10-2-5-16(6-3-10)13(21)15-11(4-7-17)12(19)20/h10-11,17H,2-8H2,1H3,(H,14,18)(H,15,21)(H,19,20)/t11-/m1/s1. The summed E-state index contributed by atoms with van der Waals surface area (Å²) in [6.45, 7) is 2.84. The summed E-state index contributed by atoms with van der Waals surface area (Å²) in [6, 6.07) is -1.49. The van der Waals surface area contributed by atoms with E-state index in [-0.39, 0.29) is 18.9 Å². The molecule has 0 aromatic heterocycles. The van der Waals surface area contributed by atoms with Crippen molar-refractivity contribution in [3.05, 3.63) is 0 Å². The molecular weight excluding hydrogens is 278 g/mol. The van der Waals surface area contributed by atoms with Crippen LogP contribution in [-0.4, -0.2) is 65.3 Å². The SMILES string of the molecule is CC(=O)NCC1CCN(C(=O)N[C@H](CCO)C(=O)O)CC1. The summed E-state index contributed by atoms with van der Waals surface area (Å²) in [7, 11) is 0. The highest BCUT2D eigenvalue weighted by Crippen LogP contribution is 2.16. The molecule has 8 nitrogen and oxygen atoms in total. The van der Waals surface area contributed by atoms with E-state index in [1.165, 1.54) is 6.92 Å². The van der Waals surface area contributed by atoms with Crippen molar-refractivity contribution in [1.29, 1.82) is 0 Å². The van der Waals surface area contributed by atoms with E-state index in [2.05, 4.69) is 10.6 Å². The summed E-state index contributed by atoms with van der Waals surface area (Å²) in [5.41, 5.74) is 0. The maximum absolute atomic E-state index is 12.0. The molecule has 0 bridgehead atoms. The van der Waals surface area contributed by atoms with Crippen molar-refractivity contribution in [3.63, 3.8) is 0 Å². The molecule has 4 N–H and O–H groups in total. The third-order valence-electron chi connectivity index (χ3n) is 3.56. The largest absolute Gasteiger partial charge is 0.480 e. The second kappa shape index (κ2) is 8.46. The van der Waals surface area contributed by atoms with Crippen LogP contribution in [0.15, 0.2) is 0 Å². The number of aliphatic hydroxyl groups is 1. The molecule has 3 amide bonds. The van der Waals surface area contributed by atoms with Crippen molar-refractivity contribution in [2.24, 2.45) is 5.92 Å². The fraction of sp³-hybridized carbons (Fsp3) is 0.769. The van der Waals surface area contributed by atoms with Gasteiger partial charge in [-0.25, -0.2) is 9.59 Å². The van der Waals surface area contributed by atoms with Gasteiger partial charge < -0.3 is 25.7 Å². The summed E-state index contributed by atoms with van der Waals surface area (Å²) in [5, 5.41) is 22.9. The summed E-state index contributed by atoms with van der Waals surface area (Å²) in [4.78, 5) is 35.3. The lowest BCUT2D eigenvalue weighted by Gasteiger charge is -2.32. The Labute approximate surface area is 123 Å². The smallest absolute Gasteiger partial charge is 0.326 e. The number of carbonyl (C=O) groups is 3. The van der Waals surface area contributed by atoms with Crippen LogP contribution in [0.3, 0.4) is 0 Å². The first-order chi connectivity index (χ1) is 9.93. The van der Waals surface area contributed by atoms with Crippen molar-refractivity contribution in [1.82, 2.24) is 15.5 Å². The van der Waals surface area contributed by atoms with Gasteiger partial charge in [0, 0.05) is 39.6 Å². The molecule has 21 heavy (non-hydrogen) atoms. The minimum atomic E-state index is -1.15. The number of hydrogen-bond acceptors (Lipinski definition) is 4. The highest BCUT2D eigenvalue weighted by Gasteiger charge is 2.26. The molecule has 0 spiro atoms. The summed E-state index contributed by atoms with van der Waals surface area (Å²) in [5.74, 6) is -0.882. The molecule has 120 valence electrons. The van der Waals surface area contributed by atoms with Gasteiger partial charge in [0.15, 0.2) is 0 Å². The second-order valence-corrected chi connectivity index (χ2v) is 5.22. The fourth-order valence-electron chi connectivity index (χ4n) is 2.26. The van der Waals surface area contributed by atoms with E-state index >= 15 is 0 Å². The van der Waals surface area contributed by atoms with E-state index in [9.17, 15) is 14.4 Å². The Morgan fingerprint density at radius 2 is 1.90 bits per heavy atom. The molecule has 8 heteroatoms. The number of likely N-dealkylation sites (tertiary alicyclic amines) is 1. The maximum atomic E-state index is 12.0. The number of aliphatic carboxylic acids is 1. The van der Waals surface area contributed by atoms with Gasteiger partial charge in [0.1, 0.15) is 6.04 Å². The van der Waals surface area contributed by atoms with Crippen LogP contribution in [0.5, 0.6) is 0 Å². The summed E-state index contributed by atoms with van der Waals surface area (Å²) < 4.78 is 0. The number of amides is 3. The molecule has 0 aromatic carbocycles. The first-order valence-corrected chi connectivity index (χ1v) is 7.07. The molecule has 1 rings (SSSR count). The molecule has 1 heterocycles. The van der Waals surface area contributed by atoms with Crippen LogP contribution in [0.4, 0.5) is 4.79 Å². The van der Waals surface area contributed by atoms with Gasteiger partial charge in [-0.05, 0) is 18.8 Å². The van der Waals surface area contributed by atoms with E-state index in [0.717, 1.165) is 12.8 Å². The Balaban J connectivity index is 2.37. The molecule has 0 radical (unpaired) electrons. The summed E-state index contributed by atoms with van der Waals surface area (Å²) >= 11 is 0. The Bertz CT molecular complexity index is 380. The van der Waals surface area contributed by atoms with Gasteiger partial charge in [-0.15, -0.1) is 0 Å². The van der Waals surface area contributed by atoms with Crippen LogP contribution in [0, 0.1) is 5.92 Å². The van der Waals surface area contributed by atoms with Crippen molar-refractivity contribution < 1.29 is 24.6 Å². The van der Waals surface area contributed by atoms with Crippen LogP contribution >= 0.6 is 0 Å². The average molecular weight is 301 g/mol. The number of nitrogens with zero attached hydrogens (tertiary/aromatic N) is 1. The van der Waals surface area contributed by atoms with Gasteiger partial charge >= 0.3 is 12.0 Å². The third kappa shape index (κ3) is 5.99. The highest BCUT2D eigenvalue weighted by molar-refractivity contribution is 5.82. The number of carboxylic acid groups (broad SMARTS) is 1. The molecule has 1 atom stereocenters. The van der Waals surface area contributed by atoms with Gasteiger partial charge in [-0.3, -0.25) is 4.79 Å². The second-order valence-electron chi connectivity index (χ2n) is 5.22. The van der Waals surface area contributed by atoms with Gasteiger partial charge in [-0.2, -0.15) is 0 Å². The van der Waals surface area contributed by atoms with E-state index < -0.39 is 18.0 Å².